The van der Waals surface area contributed by atoms with Crippen molar-refractivity contribution in [2.45, 2.75) is 24.2 Å². The summed E-state index contributed by atoms with van der Waals surface area (Å²) in [5.41, 5.74) is -1.53. The van der Waals surface area contributed by atoms with Gasteiger partial charge >= 0.3 is 12.4 Å². The molecule has 3 aromatic heterocycles. The topological polar surface area (TPSA) is 93.5 Å². The van der Waals surface area contributed by atoms with Crippen LogP contribution in [0, 0.1) is 0 Å². The van der Waals surface area contributed by atoms with E-state index in [0.29, 0.717) is 6.07 Å². The SMILES string of the molecule is CCS(=O)(=O)c1cc2nc(C(F)(F)F)[nH]c2cc1-c1nc2cc(C(F)(F)F)ncc2n1C. The summed E-state index contributed by atoms with van der Waals surface area (Å²) >= 11 is 0. The molecule has 0 radical (unpaired) electrons. The number of hydrogen-bond acceptors (Lipinski definition) is 5. The second kappa shape index (κ2) is 6.92. The van der Waals surface area contributed by atoms with Crippen LogP contribution in [0.4, 0.5) is 26.3 Å². The van der Waals surface area contributed by atoms with E-state index < -0.39 is 33.7 Å². The maximum atomic E-state index is 13.1. The van der Waals surface area contributed by atoms with Crippen LogP contribution in [-0.4, -0.2) is 38.7 Å². The van der Waals surface area contributed by atoms with Gasteiger partial charge in [0.25, 0.3) is 0 Å². The van der Waals surface area contributed by atoms with Crippen LogP contribution < -0.4 is 0 Å². The number of sulfone groups is 1. The minimum Gasteiger partial charge on any atom is -0.334 e. The van der Waals surface area contributed by atoms with Gasteiger partial charge in [0.05, 0.1) is 38.9 Å². The fourth-order valence-electron chi connectivity index (χ4n) is 3.24. The van der Waals surface area contributed by atoms with Crippen molar-refractivity contribution in [3.63, 3.8) is 0 Å². The molecule has 0 unspecified atom stereocenters. The van der Waals surface area contributed by atoms with Gasteiger partial charge < -0.3 is 9.55 Å². The number of halogens is 6. The monoisotopic (exact) mass is 477 g/mol. The van der Waals surface area contributed by atoms with Gasteiger partial charge in [0.2, 0.25) is 5.82 Å². The molecule has 0 saturated heterocycles. The number of pyridine rings is 1. The number of aromatic amines is 1. The van der Waals surface area contributed by atoms with Gasteiger partial charge in [-0.25, -0.2) is 23.4 Å². The number of nitrogens with zero attached hydrogens (tertiary/aromatic N) is 4. The van der Waals surface area contributed by atoms with Crippen molar-refractivity contribution in [3.05, 3.63) is 35.9 Å². The van der Waals surface area contributed by atoms with E-state index in [9.17, 15) is 34.8 Å². The van der Waals surface area contributed by atoms with Gasteiger partial charge in [-0.3, -0.25) is 0 Å². The number of nitrogens with one attached hydrogen (secondary N) is 1. The Morgan fingerprint density at radius 2 is 1.69 bits per heavy atom. The van der Waals surface area contributed by atoms with Gasteiger partial charge in [-0.05, 0) is 18.2 Å². The summed E-state index contributed by atoms with van der Waals surface area (Å²) in [7, 11) is -2.53. The Hall–Kier alpha value is -3.16. The first-order valence-corrected chi connectivity index (χ1v) is 10.6. The van der Waals surface area contributed by atoms with Gasteiger partial charge in [0.1, 0.15) is 11.5 Å². The van der Waals surface area contributed by atoms with Crippen LogP contribution >= 0.6 is 0 Å². The zero-order valence-electron chi connectivity index (χ0n) is 16.3. The normalized spacial score (nSPS) is 13.4. The molecule has 0 amide bonds. The fraction of sp³-hybridized carbons (Fsp3) is 0.278. The predicted octanol–water partition coefficient (Wildman–Crippen LogP) is 4.34. The molecule has 0 aliphatic carbocycles. The van der Waals surface area contributed by atoms with Crippen molar-refractivity contribution in [2.75, 3.05) is 5.75 Å². The van der Waals surface area contributed by atoms with Crippen LogP contribution in [0.3, 0.4) is 0 Å². The van der Waals surface area contributed by atoms with Crippen molar-refractivity contribution in [2.24, 2.45) is 7.05 Å². The van der Waals surface area contributed by atoms with Crippen molar-refractivity contribution in [3.8, 4) is 11.4 Å². The van der Waals surface area contributed by atoms with E-state index in [0.717, 1.165) is 18.3 Å². The van der Waals surface area contributed by atoms with Crippen molar-refractivity contribution in [1.29, 1.82) is 0 Å². The Bertz CT molecular complexity index is 1470. The third-order valence-corrected chi connectivity index (χ3v) is 6.63. The Morgan fingerprint density at radius 1 is 1.00 bits per heavy atom. The van der Waals surface area contributed by atoms with E-state index in [1.54, 1.807) is 0 Å². The first-order valence-electron chi connectivity index (χ1n) is 8.96. The molecule has 7 nitrogen and oxygen atoms in total. The summed E-state index contributed by atoms with van der Waals surface area (Å²) < 4.78 is 105. The van der Waals surface area contributed by atoms with Crippen molar-refractivity contribution >= 4 is 31.9 Å². The number of imidazole rings is 2. The van der Waals surface area contributed by atoms with E-state index in [4.69, 9.17) is 0 Å². The molecule has 170 valence electrons. The van der Waals surface area contributed by atoms with Gasteiger partial charge in [0, 0.05) is 12.6 Å². The molecule has 0 bridgehead atoms. The van der Waals surface area contributed by atoms with Gasteiger partial charge in [-0.1, -0.05) is 6.92 Å². The molecule has 32 heavy (non-hydrogen) atoms. The Kier molecular flexibility index (Phi) is 4.77. The number of alkyl halides is 6. The highest BCUT2D eigenvalue weighted by Gasteiger charge is 2.36. The number of fused-ring (bicyclic) bond motifs is 2. The summed E-state index contributed by atoms with van der Waals surface area (Å²) in [6, 6.07) is 2.84. The number of hydrogen-bond donors (Lipinski definition) is 1. The quantitative estimate of drug-likeness (QED) is 0.443. The minimum atomic E-state index is -4.79. The molecule has 1 aromatic carbocycles. The Balaban J connectivity index is 2.03. The van der Waals surface area contributed by atoms with E-state index >= 15 is 0 Å². The third-order valence-electron chi connectivity index (χ3n) is 4.87. The van der Waals surface area contributed by atoms with Crippen molar-refractivity contribution < 1.29 is 34.8 Å². The molecule has 0 saturated carbocycles. The minimum absolute atomic E-state index is 0.0572. The lowest BCUT2D eigenvalue weighted by Crippen LogP contribution is -2.07. The molecular formula is C18H13F6N5O2S. The first kappa shape index (κ1) is 22.0. The standard InChI is InChI=1S/C18H13F6N5O2S/c1-3-32(30,31)13-5-10-9(27-16(28-10)18(22,23)24)4-8(13)15-26-11-6-14(17(19,20)21)25-7-12(11)29(15)2/h4-7H,3H2,1-2H3,(H,27,28). The maximum Gasteiger partial charge on any atom is 0.449 e. The van der Waals surface area contributed by atoms with Crippen LogP contribution in [0.1, 0.15) is 18.4 Å². The first-order chi connectivity index (χ1) is 14.7. The highest BCUT2D eigenvalue weighted by atomic mass is 32.2. The van der Waals surface area contributed by atoms with Gasteiger partial charge in [-0.2, -0.15) is 26.3 Å². The number of rotatable bonds is 3. The Labute approximate surface area is 176 Å². The molecular weight excluding hydrogens is 464 g/mol. The molecule has 0 atom stereocenters. The smallest absolute Gasteiger partial charge is 0.334 e. The largest absolute Gasteiger partial charge is 0.449 e. The molecule has 4 aromatic rings. The number of aromatic nitrogens is 5. The van der Waals surface area contributed by atoms with Gasteiger partial charge in [-0.15, -0.1) is 0 Å². The summed E-state index contributed by atoms with van der Waals surface area (Å²) in [6.45, 7) is 1.35. The summed E-state index contributed by atoms with van der Waals surface area (Å²) in [5, 5.41) is 0. The highest BCUT2D eigenvalue weighted by molar-refractivity contribution is 7.91. The lowest BCUT2D eigenvalue weighted by atomic mass is 10.2. The zero-order chi connectivity index (χ0) is 23.6. The molecule has 4 rings (SSSR count). The Morgan fingerprint density at radius 3 is 2.28 bits per heavy atom. The molecule has 0 aliphatic rings. The zero-order valence-corrected chi connectivity index (χ0v) is 17.1. The highest BCUT2D eigenvalue weighted by Crippen LogP contribution is 2.36. The fourth-order valence-corrected chi connectivity index (χ4v) is 4.33. The maximum absolute atomic E-state index is 13.1. The predicted molar refractivity (Wildman–Crippen MR) is 101 cm³/mol. The average molecular weight is 477 g/mol. The lowest BCUT2D eigenvalue weighted by Gasteiger charge is -2.10. The molecule has 1 N–H and O–H groups in total. The molecule has 0 fully saturated rings. The third kappa shape index (κ3) is 3.57. The molecule has 0 aliphatic heterocycles. The van der Waals surface area contributed by atoms with Gasteiger partial charge in [0.15, 0.2) is 9.84 Å². The second-order valence-corrected chi connectivity index (χ2v) is 9.15. The average Bonchev–Trinajstić information content (AvgIpc) is 3.27. The second-order valence-electron chi connectivity index (χ2n) is 6.90. The molecule has 14 heteroatoms. The van der Waals surface area contributed by atoms with Crippen LogP contribution in [-0.2, 0) is 29.2 Å². The van der Waals surface area contributed by atoms with Crippen LogP contribution in [0.15, 0.2) is 29.3 Å². The van der Waals surface area contributed by atoms with E-state index in [1.165, 1.54) is 18.5 Å². The lowest BCUT2D eigenvalue weighted by molar-refractivity contribution is -0.144. The van der Waals surface area contributed by atoms with Crippen LogP contribution in [0.25, 0.3) is 33.5 Å². The summed E-state index contributed by atoms with van der Waals surface area (Å²) in [5.74, 6) is -1.74. The summed E-state index contributed by atoms with van der Waals surface area (Å²) in [6.07, 6.45) is -8.56. The van der Waals surface area contributed by atoms with E-state index in [1.807, 2.05) is 0 Å². The van der Waals surface area contributed by atoms with Crippen LogP contribution in [0.5, 0.6) is 0 Å². The van der Waals surface area contributed by atoms with Crippen LogP contribution in [0.2, 0.25) is 0 Å². The number of benzene rings is 1. The van der Waals surface area contributed by atoms with Crippen molar-refractivity contribution in [1.82, 2.24) is 24.5 Å². The van der Waals surface area contributed by atoms with E-state index in [-0.39, 0.29) is 44.1 Å². The number of H-pyrrole nitrogens is 1. The molecule has 0 spiro atoms. The van der Waals surface area contributed by atoms with E-state index in [2.05, 4.69) is 19.9 Å². The molecule has 3 heterocycles. The summed E-state index contributed by atoms with van der Waals surface area (Å²) in [4.78, 5) is 12.7. The number of aryl methyl sites for hydroxylation is 1.